The number of ether oxygens (including phenoxy) is 1. The molecule has 0 aliphatic carbocycles. The number of hydrogen-bond donors (Lipinski definition) is 2. The first-order valence-electron chi connectivity index (χ1n) is 7.69. The van der Waals surface area contributed by atoms with Gasteiger partial charge >= 0.3 is 0 Å². The number of hydrogen-bond acceptors (Lipinski definition) is 4. The van der Waals surface area contributed by atoms with Crippen LogP contribution >= 0.6 is 0 Å². The number of aliphatic hydroxyl groups excluding tert-OH is 1. The molecule has 1 amide bonds. The molecule has 1 aromatic carbocycles. The average Bonchev–Trinajstić information content (AvgIpc) is 3.01. The second-order valence-electron chi connectivity index (χ2n) is 5.60. The minimum Gasteiger partial charge on any atom is -0.453 e. The average molecular weight is 317 g/mol. The van der Waals surface area contributed by atoms with E-state index in [0.29, 0.717) is 25.3 Å². The summed E-state index contributed by atoms with van der Waals surface area (Å²) in [6, 6.07) is 13.2. The predicted octanol–water partition coefficient (Wildman–Crippen LogP) is 2.71. The van der Waals surface area contributed by atoms with Gasteiger partial charge in [0.25, 0.3) is 5.91 Å². The maximum Gasteiger partial charge on any atom is 0.287 e. The van der Waals surface area contributed by atoms with Crippen LogP contribution in [0.3, 0.4) is 0 Å². The van der Waals surface area contributed by atoms with Gasteiger partial charge in [-0.1, -0.05) is 30.3 Å². The maximum atomic E-state index is 12.2. The summed E-state index contributed by atoms with van der Waals surface area (Å²) in [5.74, 6) is 0.662. The zero-order chi connectivity index (χ0) is 16.7. The Morgan fingerprint density at radius 2 is 2.00 bits per heavy atom. The number of nitrogens with one attached hydrogen (secondary N) is 1. The molecule has 0 aliphatic heterocycles. The van der Waals surface area contributed by atoms with Gasteiger partial charge in [0, 0.05) is 19.6 Å². The van der Waals surface area contributed by atoms with Crippen LogP contribution < -0.4 is 5.32 Å². The lowest BCUT2D eigenvalue weighted by Gasteiger charge is -2.19. The first-order chi connectivity index (χ1) is 11.1. The van der Waals surface area contributed by atoms with E-state index in [1.807, 2.05) is 30.3 Å². The van der Waals surface area contributed by atoms with Gasteiger partial charge in [0.1, 0.15) is 12.4 Å². The first kappa shape index (κ1) is 17.2. The van der Waals surface area contributed by atoms with E-state index in [2.05, 4.69) is 5.32 Å². The molecule has 5 nitrogen and oxygen atoms in total. The molecule has 2 N–H and O–H groups in total. The van der Waals surface area contributed by atoms with Gasteiger partial charge in [-0.2, -0.15) is 0 Å². The molecule has 2 rings (SSSR count). The Morgan fingerprint density at radius 3 is 2.65 bits per heavy atom. The highest BCUT2D eigenvalue weighted by atomic mass is 16.5. The van der Waals surface area contributed by atoms with Crippen molar-refractivity contribution in [2.24, 2.45) is 0 Å². The molecule has 0 fully saturated rings. The van der Waals surface area contributed by atoms with Crippen molar-refractivity contribution in [3.63, 3.8) is 0 Å². The highest BCUT2D eigenvalue weighted by Gasteiger charge is 2.17. The molecule has 5 heteroatoms. The number of carbonyl (C=O) groups is 1. The Bertz CT molecular complexity index is 606. The SMILES string of the molecule is COCc1ccc(C(=O)NCC(CC(C)O)c2ccccc2)o1. The predicted molar refractivity (Wildman–Crippen MR) is 87.2 cm³/mol. The summed E-state index contributed by atoms with van der Waals surface area (Å²) in [7, 11) is 1.57. The first-order valence-corrected chi connectivity index (χ1v) is 7.69. The van der Waals surface area contributed by atoms with Crippen LogP contribution in [0, 0.1) is 0 Å². The van der Waals surface area contributed by atoms with Gasteiger partial charge in [-0.25, -0.2) is 0 Å². The Labute approximate surface area is 136 Å². The zero-order valence-corrected chi connectivity index (χ0v) is 13.5. The van der Waals surface area contributed by atoms with E-state index in [9.17, 15) is 9.90 Å². The molecule has 23 heavy (non-hydrogen) atoms. The third-order valence-corrected chi connectivity index (χ3v) is 3.58. The zero-order valence-electron chi connectivity index (χ0n) is 13.5. The number of furan rings is 1. The lowest BCUT2D eigenvalue weighted by Crippen LogP contribution is -2.29. The molecule has 0 aliphatic rings. The topological polar surface area (TPSA) is 71.7 Å². The van der Waals surface area contributed by atoms with Crippen LogP contribution in [0.25, 0.3) is 0 Å². The quantitative estimate of drug-likeness (QED) is 0.785. The van der Waals surface area contributed by atoms with E-state index in [1.54, 1.807) is 26.2 Å². The molecule has 0 bridgehead atoms. The summed E-state index contributed by atoms with van der Waals surface area (Å²) in [4.78, 5) is 12.2. The Kier molecular flexibility index (Phi) is 6.38. The van der Waals surface area contributed by atoms with Crippen LogP contribution in [-0.4, -0.2) is 30.8 Å². The van der Waals surface area contributed by atoms with Gasteiger partial charge in [-0.3, -0.25) is 4.79 Å². The number of methoxy groups -OCH3 is 1. The van der Waals surface area contributed by atoms with Gasteiger partial charge in [0.15, 0.2) is 5.76 Å². The standard InChI is InChI=1S/C18H23NO4/c1-13(20)10-15(14-6-4-3-5-7-14)11-19-18(21)17-9-8-16(23-17)12-22-2/h3-9,13,15,20H,10-12H2,1-2H3,(H,19,21). The van der Waals surface area contributed by atoms with Crippen molar-refractivity contribution in [1.29, 1.82) is 0 Å². The smallest absolute Gasteiger partial charge is 0.287 e. The molecule has 0 saturated carbocycles. The van der Waals surface area contributed by atoms with E-state index in [0.717, 1.165) is 5.56 Å². The van der Waals surface area contributed by atoms with Crippen molar-refractivity contribution in [3.05, 3.63) is 59.5 Å². The van der Waals surface area contributed by atoms with Crippen molar-refractivity contribution in [2.45, 2.75) is 32.0 Å². The van der Waals surface area contributed by atoms with E-state index in [4.69, 9.17) is 9.15 Å². The van der Waals surface area contributed by atoms with Gasteiger partial charge in [-0.15, -0.1) is 0 Å². The fourth-order valence-electron chi connectivity index (χ4n) is 2.50. The van der Waals surface area contributed by atoms with Crippen LogP contribution in [0.15, 0.2) is 46.9 Å². The molecule has 0 radical (unpaired) electrons. The highest BCUT2D eigenvalue weighted by Crippen LogP contribution is 2.20. The molecular formula is C18H23NO4. The summed E-state index contributed by atoms with van der Waals surface area (Å²) < 4.78 is 10.4. The molecule has 2 aromatic rings. The Balaban J connectivity index is 1.98. The normalized spacial score (nSPS) is 13.5. The van der Waals surface area contributed by atoms with E-state index in [1.165, 1.54) is 0 Å². The monoisotopic (exact) mass is 317 g/mol. The Morgan fingerprint density at radius 1 is 1.26 bits per heavy atom. The van der Waals surface area contributed by atoms with Crippen molar-refractivity contribution >= 4 is 5.91 Å². The van der Waals surface area contributed by atoms with E-state index in [-0.39, 0.29) is 17.6 Å². The lowest BCUT2D eigenvalue weighted by atomic mass is 9.93. The molecular weight excluding hydrogens is 294 g/mol. The molecule has 1 heterocycles. The molecule has 124 valence electrons. The number of amides is 1. The number of benzene rings is 1. The second-order valence-corrected chi connectivity index (χ2v) is 5.60. The number of carbonyl (C=O) groups excluding carboxylic acids is 1. The minimum atomic E-state index is -0.436. The summed E-state index contributed by atoms with van der Waals surface area (Å²) in [5, 5.41) is 12.6. The highest BCUT2D eigenvalue weighted by molar-refractivity contribution is 5.91. The third-order valence-electron chi connectivity index (χ3n) is 3.58. The third kappa shape index (κ3) is 5.23. The minimum absolute atomic E-state index is 0.0496. The fourth-order valence-corrected chi connectivity index (χ4v) is 2.50. The summed E-state index contributed by atoms with van der Waals surface area (Å²) in [6.07, 6.45) is 0.145. The van der Waals surface area contributed by atoms with Gasteiger partial charge in [0.2, 0.25) is 0 Å². The summed E-state index contributed by atoms with van der Waals surface area (Å²) in [6.45, 7) is 2.53. The fraction of sp³-hybridized carbons (Fsp3) is 0.389. The van der Waals surface area contributed by atoms with Crippen LogP contribution in [-0.2, 0) is 11.3 Å². The van der Waals surface area contributed by atoms with Crippen LogP contribution in [0.5, 0.6) is 0 Å². The van der Waals surface area contributed by atoms with Crippen molar-refractivity contribution in [1.82, 2.24) is 5.32 Å². The van der Waals surface area contributed by atoms with Crippen LogP contribution in [0.4, 0.5) is 0 Å². The molecule has 1 aromatic heterocycles. The van der Waals surface area contributed by atoms with Crippen molar-refractivity contribution in [2.75, 3.05) is 13.7 Å². The summed E-state index contributed by atoms with van der Waals surface area (Å²) >= 11 is 0. The van der Waals surface area contributed by atoms with Crippen molar-refractivity contribution in [3.8, 4) is 0 Å². The van der Waals surface area contributed by atoms with Gasteiger partial charge < -0.3 is 19.6 Å². The largest absolute Gasteiger partial charge is 0.453 e. The van der Waals surface area contributed by atoms with Crippen molar-refractivity contribution < 1.29 is 19.1 Å². The molecule has 2 atom stereocenters. The maximum absolute atomic E-state index is 12.2. The molecule has 0 saturated heterocycles. The number of aliphatic hydroxyl groups is 1. The van der Waals surface area contributed by atoms with E-state index < -0.39 is 6.10 Å². The summed E-state index contributed by atoms with van der Waals surface area (Å²) in [5.41, 5.74) is 1.09. The Hall–Kier alpha value is -2.11. The van der Waals surface area contributed by atoms with Gasteiger partial charge in [0.05, 0.1) is 6.10 Å². The lowest BCUT2D eigenvalue weighted by molar-refractivity contribution is 0.0909. The van der Waals surface area contributed by atoms with Crippen LogP contribution in [0.2, 0.25) is 0 Å². The van der Waals surface area contributed by atoms with E-state index >= 15 is 0 Å². The molecule has 0 spiro atoms. The molecule has 2 unspecified atom stereocenters. The van der Waals surface area contributed by atoms with Crippen LogP contribution in [0.1, 0.15) is 41.1 Å². The number of rotatable bonds is 8. The van der Waals surface area contributed by atoms with Gasteiger partial charge in [-0.05, 0) is 31.0 Å². The second kappa shape index (κ2) is 8.50.